The van der Waals surface area contributed by atoms with Gasteiger partial charge < -0.3 is 15.7 Å². The molecule has 0 radical (unpaired) electrons. The highest BCUT2D eigenvalue weighted by Crippen LogP contribution is 2.27. The number of amides is 1. The lowest BCUT2D eigenvalue weighted by Crippen LogP contribution is -2.29. The maximum atomic E-state index is 11.6. The van der Waals surface area contributed by atoms with Gasteiger partial charge in [0.1, 0.15) is 5.75 Å². The van der Waals surface area contributed by atoms with Crippen molar-refractivity contribution in [1.82, 2.24) is 5.32 Å². The maximum Gasteiger partial charge on any atom is 0.238 e. The molecule has 92 valence electrons. The van der Waals surface area contributed by atoms with Gasteiger partial charge in [-0.25, -0.2) is 0 Å². The van der Waals surface area contributed by atoms with Crippen molar-refractivity contribution in [3.8, 4) is 5.75 Å². The van der Waals surface area contributed by atoms with Gasteiger partial charge in [0.05, 0.1) is 12.2 Å². The van der Waals surface area contributed by atoms with Crippen molar-refractivity contribution in [2.45, 2.75) is 19.8 Å². The second-order valence-electron chi connectivity index (χ2n) is 4.64. The van der Waals surface area contributed by atoms with E-state index in [2.05, 4.69) is 10.6 Å². The summed E-state index contributed by atoms with van der Waals surface area (Å²) in [5.41, 5.74) is 1.48. The average molecular weight is 234 g/mol. The Kier molecular flexibility index (Phi) is 3.64. The van der Waals surface area contributed by atoms with Crippen LogP contribution in [0.4, 0.5) is 5.69 Å². The van der Waals surface area contributed by atoms with E-state index in [0.717, 1.165) is 18.0 Å². The molecule has 1 aromatic rings. The molecule has 17 heavy (non-hydrogen) atoms. The highest BCUT2D eigenvalue weighted by molar-refractivity contribution is 5.93. The zero-order chi connectivity index (χ0) is 12.3. The second-order valence-corrected chi connectivity index (χ2v) is 4.64. The summed E-state index contributed by atoms with van der Waals surface area (Å²) in [5, 5.41) is 15.4. The molecule has 1 amide bonds. The largest absolute Gasteiger partial charge is 0.506 e. The number of nitrogens with one attached hydrogen (secondary N) is 2. The molecule has 0 heterocycles. The van der Waals surface area contributed by atoms with E-state index in [9.17, 15) is 9.90 Å². The standard InChI is InChI=1S/C13H18N2O2/c1-9-2-5-12(16)11(6-9)15-13(17)8-14-7-10-3-4-10/h2,5-6,10,14,16H,3-4,7-8H2,1H3,(H,15,17). The SMILES string of the molecule is Cc1ccc(O)c(NC(=O)CNCC2CC2)c1. The first kappa shape index (κ1) is 11.9. The average Bonchev–Trinajstić information content (AvgIpc) is 3.07. The Hall–Kier alpha value is -1.55. The van der Waals surface area contributed by atoms with Crippen LogP contribution in [0.3, 0.4) is 0 Å². The summed E-state index contributed by atoms with van der Waals surface area (Å²) in [6.07, 6.45) is 2.54. The smallest absolute Gasteiger partial charge is 0.238 e. The Morgan fingerprint density at radius 3 is 2.94 bits per heavy atom. The molecule has 1 aliphatic carbocycles. The van der Waals surface area contributed by atoms with Gasteiger partial charge in [-0.1, -0.05) is 6.07 Å². The Morgan fingerprint density at radius 2 is 2.24 bits per heavy atom. The normalized spacial score (nSPS) is 14.6. The highest BCUT2D eigenvalue weighted by Gasteiger charge is 2.20. The van der Waals surface area contributed by atoms with Crippen LogP contribution in [0.25, 0.3) is 0 Å². The van der Waals surface area contributed by atoms with Crippen LogP contribution in [0.15, 0.2) is 18.2 Å². The molecule has 0 atom stereocenters. The lowest BCUT2D eigenvalue weighted by Gasteiger charge is -2.08. The number of benzene rings is 1. The molecule has 0 spiro atoms. The molecule has 1 fully saturated rings. The van der Waals surface area contributed by atoms with Crippen molar-refractivity contribution < 1.29 is 9.90 Å². The minimum Gasteiger partial charge on any atom is -0.506 e. The predicted molar refractivity (Wildman–Crippen MR) is 67.1 cm³/mol. The zero-order valence-electron chi connectivity index (χ0n) is 9.99. The van der Waals surface area contributed by atoms with Crippen molar-refractivity contribution in [2.24, 2.45) is 5.92 Å². The maximum absolute atomic E-state index is 11.6. The number of rotatable bonds is 5. The van der Waals surface area contributed by atoms with Crippen LogP contribution in [-0.2, 0) is 4.79 Å². The summed E-state index contributed by atoms with van der Waals surface area (Å²) in [6, 6.07) is 5.15. The Morgan fingerprint density at radius 1 is 1.47 bits per heavy atom. The van der Waals surface area contributed by atoms with Gasteiger partial charge in [-0.05, 0) is 49.9 Å². The fourth-order valence-electron chi connectivity index (χ4n) is 1.66. The van der Waals surface area contributed by atoms with Crippen molar-refractivity contribution >= 4 is 11.6 Å². The molecule has 0 unspecified atom stereocenters. The van der Waals surface area contributed by atoms with E-state index in [4.69, 9.17) is 0 Å². The van der Waals surface area contributed by atoms with Gasteiger partial charge >= 0.3 is 0 Å². The van der Waals surface area contributed by atoms with Gasteiger partial charge in [-0.2, -0.15) is 0 Å². The number of hydrogen-bond acceptors (Lipinski definition) is 3. The Balaban J connectivity index is 1.81. The molecule has 4 heteroatoms. The third-order valence-electron chi connectivity index (χ3n) is 2.84. The lowest BCUT2D eigenvalue weighted by molar-refractivity contribution is -0.115. The van der Waals surface area contributed by atoms with E-state index < -0.39 is 0 Å². The van der Waals surface area contributed by atoms with Gasteiger partial charge in [0.25, 0.3) is 0 Å². The zero-order valence-corrected chi connectivity index (χ0v) is 9.99. The first-order chi connectivity index (χ1) is 8.15. The minimum absolute atomic E-state index is 0.103. The van der Waals surface area contributed by atoms with Gasteiger partial charge in [0.15, 0.2) is 0 Å². The number of phenolic OH excluding ortho intramolecular Hbond substituents is 1. The van der Waals surface area contributed by atoms with Crippen LogP contribution in [0.1, 0.15) is 18.4 Å². The molecule has 0 saturated heterocycles. The van der Waals surface area contributed by atoms with Crippen LogP contribution in [0, 0.1) is 12.8 Å². The van der Waals surface area contributed by atoms with Gasteiger partial charge in [0.2, 0.25) is 5.91 Å². The van der Waals surface area contributed by atoms with Crippen molar-refractivity contribution in [1.29, 1.82) is 0 Å². The highest BCUT2D eigenvalue weighted by atomic mass is 16.3. The van der Waals surface area contributed by atoms with Crippen LogP contribution in [0.2, 0.25) is 0 Å². The monoisotopic (exact) mass is 234 g/mol. The first-order valence-corrected chi connectivity index (χ1v) is 5.95. The topological polar surface area (TPSA) is 61.4 Å². The summed E-state index contributed by atoms with van der Waals surface area (Å²) < 4.78 is 0. The number of carbonyl (C=O) groups excluding carboxylic acids is 1. The summed E-state index contributed by atoms with van der Waals surface area (Å²) in [7, 11) is 0. The fourth-order valence-corrected chi connectivity index (χ4v) is 1.66. The molecule has 1 aliphatic rings. The Bertz CT molecular complexity index is 414. The quantitative estimate of drug-likeness (QED) is 0.679. The number of carbonyl (C=O) groups is 1. The third-order valence-corrected chi connectivity index (χ3v) is 2.84. The summed E-state index contributed by atoms with van der Waals surface area (Å²) in [4.78, 5) is 11.6. The Labute approximate surface area is 101 Å². The molecule has 0 aliphatic heterocycles. The second kappa shape index (κ2) is 5.19. The van der Waals surface area contributed by atoms with Gasteiger partial charge in [-0.15, -0.1) is 0 Å². The summed E-state index contributed by atoms with van der Waals surface area (Å²) in [5.74, 6) is 0.743. The predicted octanol–water partition coefficient (Wildman–Crippen LogP) is 1.64. The first-order valence-electron chi connectivity index (χ1n) is 5.95. The lowest BCUT2D eigenvalue weighted by atomic mass is 10.2. The van der Waals surface area contributed by atoms with Crippen LogP contribution >= 0.6 is 0 Å². The van der Waals surface area contributed by atoms with E-state index in [1.165, 1.54) is 12.8 Å². The molecular weight excluding hydrogens is 216 g/mol. The number of hydrogen-bond donors (Lipinski definition) is 3. The molecule has 0 aromatic heterocycles. The van der Waals surface area contributed by atoms with E-state index in [1.807, 2.05) is 6.92 Å². The number of phenols is 1. The molecule has 2 rings (SSSR count). The van der Waals surface area contributed by atoms with E-state index in [-0.39, 0.29) is 11.7 Å². The molecule has 3 N–H and O–H groups in total. The minimum atomic E-state index is -0.119. The van der Waals surface area contributed by atoms with Gasteiger partial charge in [0, 0.05) is 0 Å². The summed E-state index contributed by atoms with van der Waals surface area (Å²) >= 11 is 0. The third kappa shape index (κ3) is 3.75. The molecular formula is C13H18N2O2. The number of anilines is 1. The summed E-state index contributed by atoms with van der Waals surface area (Å²) in [6.45, 7) is 3.12. The molecule has 1 saturated carbocycles. The van der Waals surface area contributed by atoms with Crippen LogP contribution in [0.5, 0.6) is 5.75 Å². The van der Waals surface area contributed by atoms with Gasteiger partial charge in [-0.3, -0.25) is 4.79 Å². The van der Waals surface area contributed by atoms with E-state index in [1.54, 1.807) is 18.2 Å². The van der Waals surface area contributed by atoms with Crippen LogP contribution in [-0.4, -0.2) is 24.1 Å². The van der Waals surface area contributed by atoms with Crippen molar-refractivity contribution in [3.63, 3.8) is 0 Å². The fraction of sp³-hybridized carbons (Fsp3) is 0.462. The number of aryl methyl sites for hydroxylation is 1. The van der Waals surface area contributed by atoms with Crippen LogP contribution < -0.4 is 10.6 Å². The number of aromatic hydroxyl groups is 1. The van der Waals surface area contributed by atoms with E-state index >= 15 is 0 Å². The van der Waals surface area contributed by atoms with Crippen molar-refractivity contribution in [3.05, 3.63) is 23.8 Å². The molecule has 4 nitrogen and oxygen atoms in total. The molecule has 0 bridgehead atoms. The van der Waals surface area contributed by atoms with Crippen molar-refractivity contribution in [2.75, 3.05) is 18.4 Å². The van der Waals surface area contributed by atoms with E-state index in [0.29, 0.717) is 12.2 Å². The molecule has 1 aromatic carbocycles.